The van der Waals surface area contributed by atoms with Crippen molar-refractivity contribution in [3.63, 3.8) is 0 Å². The van der Waals surface area contributed by atoms with Crippen molar-refractivity contribution in [2.24, 2.45) is 5.92 Å². The molecule has 3 rings (SSSR count). The van der Waals surface area contributed by atoms with Gasteiger partial charge < -0.3 is 15.2 Å². The molecular weight excluding hydrogens is 486 g/mol. The summed E-state index contributed by atoms with van der Waals surface area (Å²) in [6.45, 7) is 4.09. The third kappa shape index (κ3) is 6.48. The molecule has 0 spiro atoms. The molecule has 0 saturated carbocycles. The molecule has 0 bridgehead atoms. The summed E-state index contributed by atoms with van der Waals surface area (Å²) < 4.78 is 32.1. The van der Waals surface area contributed by atoms with Crippen LogP contribution in [0.15, 0.2) is 53.4 Å². The predicted molar refractivity (Wildman–Crippen MR) is 133 cm³/mol. The van der Waals surface area contributed by atoms with E-state index >= 15 is 0 Å². The minimum absolute atomic E-state index is 0.0288. The van der Waals surface area contributed by atoms with Gasteiger partial charge in [-0.3, -0.25) is 14.5 Å². The fraction of sp³-hybridized carbons (Fsp3) is 0.400. The van der Waals surface area contributed by atoms with Crippen LogP contribution in [0, 0.1) is 12.8 Å². The molecule has 0 aliphatic carbocycles. The van der Waals surface area contributed by atoms with Crippen molar-refractivity contribution < 1.29 is 32.6 Å². The molecule has 194 valence electrons. The maximum Gasteiger partial charge on any atom is 0.326 e. The number of sulfonamides is 1. The Hall–Kier alpha value is -3.28. The van der Waals surface area contributed by atoms with Gasteiger partial charge in [-0.2, -0.15) is 4.31 Å². The topological polar surface area (TPSA) is 133 Å². The van der Waals surface area contributed by atoms with Crippen LogP contribution in [0.4, 0.5) is 5.69 Å². The predicted octanol–water partition coefficient (Wildman–Crippen LogP) is 2.03. The number of hydrogen-bond acceptors (Lipinski definition) is 7. The molecule has 1 aliphatic heterocycles. The number of likely N-dealkylation sites (N-methyl/N-ethyl adjacent to an activating group) is 1. The normalized spacial score (nSPS) is 15.3. The first-order valence-electron chi connectivity index (χ1n) is 11.6. The second kappa shape index (κ2) is 11.6. The second-order valence-corrected chi connectivity index (χ2v) is 10.8. The number of amides is 1. The van der Waals surface area contributed by atoms with Crippen molar-refractivity contribution in [2.45, 2.75) is 37.6 Å². The zero-order chi connectivity index (χ0) is 26.5. The third-order valence-electron chi connectivity index (χ3n) is 6.11. The average molecular weight is 518 g/mol. The largest absolute Gasteiger partial charge is 0.480 e. The number of piperidine rings is 1. The quantitative estimate of drug-likeness (QED) is 0.381. The molecule has 1 heterocycles. The number of carboxylic acid groups (broad SMARTS) is 1. The molecule has 1 amide bonds. The van der Waals surface area contributed by atoms with Crippen LogP contribution in [0.1, 0.15) is 25.3 Å². The molecule has 11 heteroatoms. The first kappa shape index (κ1) is 27.3. The van der Waals surface area contributed by atoms with Gasteiger partial charge >= 0.3 is 11.9 Å². The molecule has 1 saturated heterocycles. The van der Waals surface area contributed by atoms with Gasteiger partial charge in [0, 0.05) is 12.7 Å². The highest BCUT2D eigenvalue weighted by molar-refractivity contribution is 7.89. The van der Waals surface area contributed by atoms with Gasteiger partial charge in [0.25, 0.3) is 0 Å². The first-order chi connectivity index (χ1) is 17.0. The van der Waals surface area contributed by atoms with E-state index in [2.05, 4.69) is 5.32 Å². The number of rotatable bonds is 9. The van der Waals surface area contributed by atoms with Crippen LogP contribution in [-0.4, -0.2) is 68.4 Å². The molecular formula is C25H31N3O7S. The number of carbonyl (C=O) groups excluding carboxylic acids is 2. The summed E-state index contributed by atoms with van der Waals surface area (Å²) in [5.74, 6) is -2.23. The number of aryl methyl sites for hydroxylation is 1. The number of anilines is 1. The monoisotopic (exact) mass is 517 g/mol. The summed E-state index contributed by atoms with van der Waals surface area (Å²) in [6, 6.07) is 10.8. The Bertz CT molecular complexity index is 1190. The molecule has 10 nitrogen and oxygen atoms in total. The van der Waals surface area contributed by atoms with Crippen LogP contribution >= 0.6 is 0 Å². The van der Waals surface area contributed by atoms with E-state index in [1.807, 2.05) is 6.92 Å². The van der Waals surface area contributed by atoms with E-state index < -0.39 is 34.5 Å². The molecule has 36 heavy (non-hydrogen) atoms. The molecule has 0 aromatic heterocycles. The van der Waals surface area contributed by atoms with Gasteiger partial charge in [-0.15, -0.1) is 0 Å². The van der Waals surface area contributed by atoms with E-state index in [0.717, 1.165) is 27.9 Å². The van der Waals surface area contributed by atoms with Crippen LogP contribution in [-0.2, 0) is 24.4 Å². The summed E-state index contributed by atoms with van der Waals surface area (Å²) in [6.07, 6.45) is 1.38. The first-order valence-corrected chi connectivity index (χ1v) is 13.0. The number of carboxylic acids is 1. The number of carbonyl (C=O) groups is 3. The van der Waals surface area contributed by atoms with Gasteiger partial charge in [-0.1, -0.05) is 17.7 Å². The van der Waals surface area contributed by atoms with Crippen LogP contribution in [0.25, 0.3) is 0 Å². The zero-order valence-corrected chi connectivity index (χ0v) is 21.3. The smallest absolute Gasteiger partial charge is 0.326 e. The lowest BCUT2D eigenvalue weighted by molar-refractivity contribution is -0.140. The van der Waals surface area contributed by atoms with E-state index in [-0.39, 0.29) is 28.2 Å². The van der Waals surface area contributed by atoms with Gasteiger partial charge in [0.15, 0.2) is 0 Å². The Kier molecular flexibility index (Phi) is 8.83. The molecule has 1 aliphatic rings. The minimum Gasteiger partial charge on any atom is -0.480 e. The van der Waals surface area contributed by atoms with E-state index in [1.165, 1.54) is 50.4 Å². The van der Waals surface area contributed by atoms with Crippen molar-refractivity contribution in [2.75, 3.05) is 31.6 Å². The Morgan fingerprint density at radius 1 is 1.06 bits per heavy atom. The molecule has 2 aromatic rings. The lowest BCUT2D eigenvalue weighted by Crippen LogP contribution is -2.48. The fourth-order valence-electron chi connectivity index (χ4n) is 3.87. The van der Waals surface area contributed by atoms with Crippen LogP contribution < -0.4 is 15.0 Å². The lowest BCUT2D eigenvalue weighted by Gasteiger charge is -2.28. The highest BCUT2D eigenvalue weighted by Gasteiger charge is 2.31. The van der Waals surface area contributed by atoms with Crippen molar-refractivity contribution in [3.8, 4) is 5.75 Å². The van der Waals surface area contributed by atoms with Crippen molar-refractivity contribution >= 4 is 33.6 Å². The Labute approximate surface area is 210 Å². The molecule has 0 radical (unpaired) electrons. The number of hydrogen-bond donors (Lipinski definition) is 2. The van der Waals surface area contributed by atoms with Crippen molar-refractivity contribution in [3.05, 3.63) is 54.1 Å². The number of nitrogens with one attached hydrogen (secondary N) is 1. The standard InChI is InChI=1S/C25H31N3O7S/c1-17-4-10-22(11-5-17)36(33,34)27(3)16-23(29)28(18(2)24(30)31)20-6-8-21(9-7-20)35-25(32)19-12-14-26-15-13-19/h4-11,18-19,26H,12-16H2,1-3H3,(H,30,31)/t18-/m0/s1. The Morgan fingerprint density at radius 2 is 1.64 bits per heavy atom. The summed E-state index contributed by atoms with van der Waals surface area (Å²) in [5, 5.41) is 12.8. The van der Waals surface area contributed by atoms with Gasteiger partial charge in [-0.05, 0) is 76.2 Å². The number of ether oxygens (including phenoxy) is 1. The van der Waals surface area contributed by atoms with Gasteiger partial charge in [0.2, 0.25) is 15.9 Å². The van der Waals surface area contributed by atoms with E-state index in [9.17, 15) is 27.9 Å². The molecule has 1 atom stereocenters. The Balaban J connectivity index is 1.76. The molecule has 1 fully saturated rings. The fourth-order valence-corrected chi connectivity index (χ4v) is 4.99. The number of aliphatic carboxylic acids is 1. The summed E-state index contributed by atoms with van der Waals surface area (Å²) in [7, 11) is -2.70. The minimum atomic E-state index is -3.97. The SMILES string of the molecule is Cc1ccc(S(=O)(=O)N(C)CC(=O)N(c2ccc(OC(=O)C3CCNCC3)cc2)[C@@H](C)C(=O)O)cc1. The maximum absolute atomic E-state index is 13.2. The van der Waals surface area contributed by atoms with E-state index in [1.54, 1.807) is 12.1 Å². The maximum atomic E-state index is 13.2. The second-order valence-electron chi connectivity index (χ2n) is 8.79. The van der Waals surface area contributed by atoms with Crippen LogP contribution in [0.2, 0.25) is 0 Å². The summed E-state index contributed by atoms with van der Waals surface area (Å²) >= 11 is 0. The number of nitrogens with zero attached hydrogens (tertiary/aromatic N) is 2. The summed E-state index contributed by atoms with van der Waals surface area (Å²) in [4.78, 5) is 38.3. The molecule has 0 unspecified atom stereocenters. The van der Waals surface area contributed by atoms with Gasteiger partial charge in [0.05, 0.1) is 17.4 Å². The van der Waals surface area contributed by atoms with E-state index in [0.29, 0.717) is 12.8 Å². The third-order valence-corrected chi connectivity index (χ3v) is 7.92. The average Bonchev–Trinajstić information content (AvgIpc) is 2.85. The summed E-state index contributed by atoms with van der Waals surface area (Å²) in [5.41, 5.74) is 1.12. The molecule has 2 aromatic carbocycles. The van der Waals surface area contributed by atoms with Crippen LogP contribution in [0.3, 0.4) is 0 Å². The Morgan fingerprint density at radius 3 is 2.19 bits per heavy atom. The zero-order valence-electron chi connectivity index (χ0n) is 20.5. The number of benzene rings is 2. The van der Waals surface area contributed by atoms with Crippen molar-refractivity contribution in [1.82, 2.24) is 9.62 Å². The van der Waals surface area contributed by atoms with E-state index in [4.69, 9.17) is 4.74 Å². The highest BCUT2D eigenvalue weighted by Crippen LogP contribution is 2.24. The van der Waals surface area contributed by atoms with Gasteiger partial charge in [0.1, 0.15) is 11.8 Å². The lowest BCUT2D eigenvalue weighted by atomic mass is 9.98. The van der Waals surface area contributed by atoms with Crippen molar-refractivity contribution in [1.29, 1.82) is 0 Å². The van der Waals surface area contributed by atoms with Gasteiger partial charge in [-0.25, -0.2) is 13.2 Å². The van der Waals surface area contributed by atoms with Crippen LogP contribution in [0.5, 0.6) is 5.75 Å². The highest BCUT2D eigenvalue weighted by atomic mass is 32.2. The molecule has 2 N–H and O–H groups in total. The number of esters is 1.